The molecule has 0 unspecified atom stereocenters. The van der Waals surface area contributed by atoms with Gasteiger partial charge in [0, 0.05) is 37.8 Å². The zero-order valence-electron chi connectivity index (χ0n) is 31.7. The van der Waals surface area contributed by atoms with Crippen molar-refractivity contribution in [3.8, 4) is 0 Å². The minimum absolute atomic E-state index is 0.000533. The van der Waals surface area contributed by atoms with E-state index >= 15 is 0 Å². The zero-order chi connectivity index (χ0) is 35.2. The van der Waals surface area contributed by atoms with E-state index < -0.39 is 35.4 Å². The Morgan fingerprint density at radius 3 is 1.58 bits per heavy atom. The molecule has 0 aromatic rings. The van der Waals surface area contributed by atoms with Gasteiger partial charge in [-0.3, -0.25) is 0 Å². The van der Waals surface area contributed by atoms with Crippen LogP contribution in [0.4, 0.5) is 4.79 Å². The van der Waals surface area contributed by atoms with Gasteiger partial charge in [-0.2, -0.15) is 0 Å². The predicted octanol–water partition coefficient (Wildman–Crippen LogP) is 7.36. The van der Waals surface area contributed by atoms with E-state index in [1.165, 1.54) is 0 Å². The molecule has 10 fully saturated rings. The van der Waals surface area contributed by atoms with E-state index in [4.69, 9.17) is 43.2 Å². The van der Waals surface area contributed by atoms with Crippen molar-refractivity contribution in [3.05, 3.63) is 0 Å². The Labute approximate surface area is 298 Å². The summed E-state index contributed by atoms with van der Waals surface area (Å²) in [5.41, 5.74) is -1.21. The van der Waals surface area contributed by atoms with E-state index in [9.17, 15) is 4.79 Å². The second-order valence-electron chi connectivity index (χ2n) is 18.0. The molecule has 16 atom stereocenters. The Bertz CT molecular complexity index is 1190. The van der Waals surface area contributed by atoms with E-state index in [0.29, 0.717) is 43.4 Å². The SMILES string of the molecule is CCN(CC)C(=O)OCC(C[C@H]1O[C@@H]2O[C@@]3(C)CC[C@H]4[C@H](C)CC[C@@H]([C@H]1C)[C@@]24OO3)C[C@H]1O[C@@H]2O[C@@]3(C)CC[C@H]4[C@H](C)CC[C@@H]([C@H]1C)[C@@]24OO3. The average Bonchev–Trinajstić information content (AvgIpc) is 3.46. The molecule has 2 saturated carbocycles. The third kappa shape index (κ3) is 5.52. The van der Waals surface area contributed by atoms with Crippen LogP contribution >= 0.6 is 0 Å². The van der Waals surface area contributed by atoms with Gasteiger partial charge in [-0.25, -0.2) is 24.3 Å². The molecule has 4 bridgehead atoms. The summed E-state index contributed by atoms with van der Waals surface area (Å²) in [7, 11) is 0. The van der Waals surface area contributed by atoms with Crippen LogP contribution in [-0.4, -0.2) is 78.3 Å². The minimum atomic E-state index is -0.821. The second-order valence-corrected chi connectivity index (χ2v) is 18.0. The first kappa shape index (κ1) is 36.0. The fourth-order valence-electron chi connectivity index (χ4n) is 12.1. The van der Waals surface area contributed by atoms with Crippen molar-refractivity contribution in [2.24, 2.45) is 53.3 Å². The zero-order valence-corrected chi connectivity index (χ0v) is 31.7. The van der Waals surface area contributed by atoms with Crippen molar-refractivity contribution in [2.45, 2.75) is 167 Å². The summed E-state index contributed by atoms with van der Waals surface area (Å²) in [5.74, 6) is 0.910. The normalized spacial score (nSPS) is 52.1. The minimum Gasteiger partial charge on any atom is -0.449 e. The number of carbonyl (C=O) groups is 1. The van der Waals surface area contributed by atoms with E-state index in [2.05, 4.69) is 27.7 Å². The molecule has 2 spiro atoms. The number of carbonyl (C=O) groups excluding carboxylic acids is 1. The van der Waals surface area contributed by atoms with Crippen LogP contribution in [0.15, 0.2) is 0 Å². The number of rotatable bonds is 8. The summed E-state index contributed by atoms with van der Waals surface area (Å²) in [5, 5.41) is 0. The molecule has 8 heterocycles. The van der Waals surface area contributed by atoms with Crippen LogP contribution in [0.1, 0.15) is 120 Å². The maximum atomic E-state index is 13.2. The van der Waals surface area contributed by atoms with Gasteiger partial charge in [-0.05, 0) is 120 Å². The van der Waals surface area contributed by atoms with Crippen molar-refractivity contribution < 1.29 is 48.0 Å². The molecule has 0 aromatic carbocycles. The van der Waals surface area contributed by atoms with Crippen LogP contribution in [0, 0.1) is 53.3 Å². The number of amides is 1. The highest BCUT2D eigenvalue weighted by molar-refractivity contribution is 5.67. The molecule has 2 aliphatic carbocycles. The van der Waals surface area contributed by atoms with Gasteiger partial charge in [0.25, 0.3) is 0 Å². The van der Waals surface area contributed by atoms with Gasteiger partial charge in [0.1, 0.15) is 0 Å². The van der Waals surface area contributed by atoms with E-state index in [-0.39, 0.29) is 47.9 Å². The van der Waals surface area contributed by atoms with Crippen LogP contribution in [0.5, 0.6) is 0 Å². The Morgan fingerprint density at radius 1 is 0.680 bits per heavy atom. The summed E-state index contributed by atoms with van der Waals surface area (Å²) in [4.78, 5) is 40.0. The molecule has 0 N–H and O–H groups in total. The Hall–Kier alpha value is -1.05. The van der Waals surface area contributed by atoms with Crippen molar-refractivity contribution in [1.82, 2.24) is 4.90 Å². The van der Waals surface area contributed by atoms with Gasteiger partial charge < -0.3 is 28.6 Å². The Kier molecular flexibility index (Phi) is 9.39. The molecule has 1 amide bonds. The first-order valence-corrected chi connectivity index (χ1v) is 20.2. The summed E-state index contributed by atoms with van der Waals surface area (Å²) in [6.45, 7) is 18.8. The highest BCUT2D eigenvalue weighted by atomic mass is 17.3. The smallest absolute Gasteiger partial charge is 0.409 e. The van der Waals surface area contributed by atoms with Crippen LogP contribution in [0.2, 0.25) is 0 Å². The topological polar surface area (TPSA) is 103 Å². The summed E-state index contributed by atoms with van der Waals surface area (Å²) < 4.78 is 33.6. The van der Waals surface area contributed by atoms with E-state index in [1.54, 1.807) is 4.90 Å². The van der Waals surface area contributed by atoms with Crippen LogP contribution < -0.4 is 0 Å². The quantitative estimate of drug-likeness (QED) is 0.238. The predicted molar refractivity (Wildman–Crippen MR) is 181 cm³/mol. The molecule has 8 saturated heterocycles. The molecular weight excluding hydrogens is 642 g/mol. The Morgan fingerprint density at radius 2 is 1.14 bits per heavy atom. The highest BCUT2D eigenvalue weighted by Gasteiger charge is 2.71. The standard InChI is InChI=1S/C39H63NO10/c1-9-40(10-2)35(41)42-21-26(19-31-24(5)29-13-11-22(3)27-15-17-36(7)45-33(43-31)38(27,29)49-47-36)20-32-25(6)30-14-12-23(4)28-16-18-37(8)46-34(44-32)39(28,30)50-48-37/h22-34H,9-21H2,1-8H3/t22-,23-,24-,25-,27+,28+,29+,30+,31-,32-,33-,34-,36-,37-,38-,39-/m1/s1. The van der Waals surface area contributed by atoms with Crippen molar-refractivity contribution >= 4 is 6.09 Å². The van der Waals surface area contributed by atoms with Gasteiger partial charge in [0.2, 0.25) is 11.6 Å². The van der Waals surface area contributed by atoms with Gasteiger partial charge in [0.15, 0.2) is 23.8 Å². The van der Waals surface area contributed by atoms with Crippen LogP contribution in [0.3, 0.4) is 0 Å². The molecule has 8 aliphatic heterocycles. The number of hydrogen-bond donors (Lipinski definition) is 0. The third-order valence-corrected chi connectivity index (χ3v) is 15.2. The highest BCUT2D eigenvalue weighted by Crippen LogP contribution is 2.63. The van der Waals surface area contributed by atoms with Gasteiger partial charge >= 0.3 is 6.09 Å². The summed E-state index contributed by atoms with van der Waals surface area (Å²) >= 11 is 0. The first-order valence-electron chi connectivity index (χ1n) is 20.2. The monoisotopic (exact) mass is 705 g/mol. The number of nitrogens with zero attached hydrogens (tertiary/aromatic N) is 1. The second kappa shape index (κ2) is 13.1. The summed E-state index contributed by atoms with van der Waals surface area (Å²) in [6, 6.07) is 0. The number of fused-ring (bicyclic) bond motifs is 4. The largest absolute Gasteiger partial charge is 0.449 e. The molecule has 50 heavy (non-hydrogen) atoms. The fourth-order valence-corrected chi connectivity index (χ4v) is 12.1. The fraction of sp³-hybridized carbons (Fsp3) is 0.974. The van der Waals surface area contributed by atoms with Gasteiger partial charge in [-0.15, -0.1) is 0 Å². The molecule has 0 aromatic heterocycles. The molecule has 10 rings (SSSR count). The molecule has 284 valence electrons. The van der Waals surface area contributed by atoms with Crippen molar-refractivity contribution in [2.75, 3.05) is 19.7 Å². The molecule has 11 nitrogen and oxygen atoms in total. The lowest BCUT2D eigenvalue weighted by molar-refractivity contribution is -0.571. The maximum absolute atomic E-state index is 13.2. The van der Waals surface area contributed by atoms with Gasteiger partial charge in [-0.1, -0.05) is 27.7 Å². The summed E-state index contributed by atoms with van der Waals surface area (Å²) in [6.07, 6.45) is 7.98. The lowest BCUT2D eigenvalue weighted by Crippen LogP contribution is -2.70. The lowest BCUT2D eigenvalue weighted by Gasteiger charge is -2.61. The van der Waals surface area contributed by atoms with Crippen LogP contribution in [-0.2, 0) is 43.2 Å². The number of hydrogen-bond acceptors (Lipinski definition) is 10. The Balaban J connectivity index is 1.06. The van der Waals surface area contributed by atoms with Crippen molar-refractivity contribution in [3.63, 3.8) is 0 Å². The van der Waals surface area contributed by atoms with Crippen molar-refractivity contribution in [1.29, 1.82) is 0 Å². The van der Waals surface area contributed by atoms with E-state index in [0.717, 1.165) is 64.2 Å². The maximum Gasteiger partial charge on any atom is 0.409 e. The lowest BCUT2D eigenvalue weighted by atomic mass is 9.56. The average molecular weight is 706 g/mol. The van der Waals surface area contributed by atoms with E-state index in [1.807, 2.05) is 27.7 Å². The third-order valence-electron chi connectivity index (χ3n) is 15.2. The molecule has 0 radical (unpaired) electrons. The molecule has 11 heteroatoms. The number of ether oxygens (including phenoxy) is 5. The molecule has 10 aliphatic rings. The van der Waals surface area contributed by atoms with Crippen LogP contribution in [0.25, 0.3) is 0 Å². The van der Waals surface area contributed by atoms with Gasteiger partial charge in [0.05, 0.1) is 18.8 Å². The molecular formula is C39H63NO10. The first-order chi connectivity index (χ1) is 23.9.